The van der Waals surface area contributed by atoms with E-state index in [0.29, 0.717) is 6.04 Å². The van der Waals surface area contributed by atoms with Crippen LogP contribution >= 0.6 is 0 Å². The zero-order valence-corrected chi connectivity index (χ0v) is 13.1. The van der Waals surface area contributed by atoms with Crippen LogP contribution in [0.1, 0.15) is 33.6 Å². The van der Waals surface area contributed by atoms with Crippen molar-refractivity contribution >= 4 is 11.8 Å². The van der Waals surface area contributed by atoms with Crippen molar-refractivity contribution in [1.82, 2.24) is 5.32 Å². The van der Waals surface area contributed by atoms with Gasteiger partial charge in [-0.05, 0) is 45.7 Å². The number of carbonyl (C=O) groups is 1. The number of nitrogens with one attached hydrogen (secondary N) is 2. The van der Waals surface area contributed by atoms with Gasteiger partial charge >= 0.3 is 6.09 Å². The van der Waals surface area contributed by atoms with E-state index >= 15 is 0 Å². The van der Waals surface area contributed by atoms with Crippen molar-refractivity contribution < 1.29 is 19.0 Å². The number of alkyl carbamates (subject to hydrolysis) is 1. The highest BCUT2D eigenvalue weighted by Gasteiger charge is 2.31. The molecule has 0 aromatic heterocycles. The lowest BCUT2D eigenvalue weighted by atomic mass is 9.86. The van der Waals surface area contributed by atoms with Crippen molar-refractivity contribution in [2.75, 3.05) is 12.1 Å². The number of rotatable bonds is 3. The van der Waals surface area contributed by atoms with Crippen LogP contribution < -0.4 is 20.1 Å². The Labute approximate surface area is 130 Å². The molecule has 2 N–H and O–H groups in total. The molecule has 1 aromatic carbocycles. The molecule has 1 aliphatic heterocycles. The Balaban J connectivity index is 1.43. The van der Waals surface area contributed by atoms with E-state index in [0.717, 1.165) is 30.0 Å². The number of carbonyl (C=O) groups excluding carboxylic acids is 1. The Morgan fingerprint density at radius 2 is 1.91 bits per heavy atom. The van der Waals surface area contributed by atoms with E-state index in [2.05, 4.69) is 10.6 Å². The molecule has 0 radical (unpaired) electrons. The highest BCUT2D eigenvalue weighted by Crippen LogP contribution is 2.35. The Kier molecular flexibility index (Phi) is 3.76. The number of fused-ring (bicyclic) bond motifs is 1. The van der Waals surface area contributed by atoms with Crippen LogP contribution in [0.25, 0.3) is 0 Å². The van der Waals surface area contributed by atoms with E-state index in [9.17, 15) is 4.79 Å². The zero-order chi connectivity index (χ0) is 15.7. The van der Waals surface area contributed by atoms with Gasteiger partial charge in [-0.15, -0.1) is 0 Å². The van der Waals surface area contributed by atoms with Gasteiger partial charge in [0.15, 0.2) is 11.5 Å². The normalized spacial score (nSPS) is 22.7. The summed E-state index contributed by atoms with van der Waals surface area (Å²) < 4.78 is 15.9. The topological polar surface area (TPSA) is 68.8 Å². The molecule has 120 valence electrons. The van der Waals surface area contributed by atoms with Crippen LogP contribution in [0, 0.1) is 0 Å². The minimum Gasteiger partial charge on any atom is -0.454 e. The molecule has 1 saturated carbocycles. The highest BCUT2D eigenvalue weighted by molar-refractivity contribution is 5.68. The first-order chi connectivity index (χ1) is 10.4. The summed E-state index contributed by atoms with van der Waals surface area (Å²) in [6.45, 7) is 5.86. The minimum absolute atomic E-state index is 0.168. The molecular formula is C16H22N2O4. The van der Waals surface area contributed by atoms with Crippen LogP contribution in [0.15, 0.2) is 18.2 Å². The molecule has 3 rings (SSSR count). The predicted octanol–water partition coefficient (Wildman–Crippen LogP) is 2.88. The third-order valence-electron chi connectivity index (χ3n) is 3.60. The monoisotopic (exact) mass is 306 g/mol. The molecule has 22 heavy (non-hydrogen) atoms. The molecule has 1 aliphatic carbocycles. The predicted molar refractivity (Wildman–Crippen MR) is 82.4 cm³/mol. The fourth-order valence-electron chi connectivity index (χ4n) is 2.55. The average Bonchev–Trinajstić information content (AvgIpc) is 2.81. The summed E-state index contributed by atoms with van der Waals surface area (Å²) in [6.07, 6.45) is 1.42. The largest absolute Gasteiger partial charge is 0.454 e. The smallest absolute Gasteiger partial charge is 0.407 e. The van der Waals surface area contributed by atoms with Gasteiger partial charge in [0.05, 0.1) is 0 Å². The molecular weight excluding hydrogens is 284 g/mol. The standard InChI is InChI=1S/C16H22N2O4/c1-16(2,3)22-15(19)18-12-6-11(7-12)17-10-4-5-13-14(8-10)21-9-20-13/h4-5,8,11-12,17H,6-7,9H2,1-3H3,(H,18,19). The Morgan fingerprint density at radius 1 is 1.18 bits per heavy atom. The summed E-state index contributed by atoms with van der Waals surface area (Å²) in [5.41, 5.74) is 0.544. The second-order valence-corrected chi connectivity index (χ2v) is 6.72. The van der Waals surface area contributed by atoms with Crippen LogP contribution in [-0.4, -0.2) is 30.6 Å². The molecule has 0 bridgehead atoms. The first kappa shape index (κ1) is 14.8. The number of hydrogen-bond acceptors (Lipinski definition) is 5. The van der Waals surface area contributed by atoms with E-state index in [4.69, 9.17) is 14.2 Å². The fraction of sp³-hybridized carbons (Fsp3) is 0.562. The fourth-order valence-corrected chi connectivity index (χ4v) is 2.55. The first-order valence-corrected chi connectivity index (χ1v) is 7.55. The lowest BCUT2D eigenvalue weighted by Gasteiger charge is -2.37. The molecule has 1 fully saturated rings. The van der Waals surface area contributed by atoms with Crippen LogP contribution in [0.3, 0.4) is 0 Å². The van der Waals surface area contributed by atoms with Gasteiger partial charge in [0, 0.05) is 23.8 Å². The Hall–Kier alpha value is -2.11. The van der Waals surface area contributed by atoms with Crippen molar-refractivity contribution in [1.29, 1.82) is 0 Å². The van der Waals surface area contributed by atoms with Crippen molar-refractivity contribution in [3.05, 3.63) is 18.2 Å². The summed E-state index contributed by atoms with van der Waals surface area (Å²) in [6, 6.07) is 6.33. The van der Waals surface area contributed by atoms with E-state index in [1.54, 1.807) is 0 Å². The summed E-state index contributed by atoms with van der Waals surface area (Å²) in [5, 5.41) is 6.32. The summed E-state index contributed by atoms with van der Waals surface area (Å²) in [7, 11) is 0. The maximum absolute atomic E-state index is 11.7. The summed E-state index contributed by atoms with van der Waals surface area (Å²) in [5.74, 6) is 1.55. The van der Waals surface area contributed by atoms with E-state index in [1.165, 1.54) is 0 Å². The first-order valence-electron chi connectivity index (χ1n) is 7.55. The third-order valence-corrected chi connectivity index (χ3v) is 3.60. The number of ether oxygens (including phenoxy) is 3. The molecule has 1 amide bonds. The van der Waals surface area contributed by atoms with Gasteiger partial charge in [0.25, 0.3) is 0 Å². The molecule has 1 heterocycles. The number of anilines is 1. The van der Waals surface area contributed by atoms with Gasteiger partial charge in [-0.3, -0.25) is 0 Å². The average molecular weight is 306 g/mol. The SMILES string of the molecule is CC(C)(C)OC(=O)NC1CC(Nc2ccc3c(c2)OCO3)C1. The molecule has 0 unspecified atom stereocenters. The number of benzene rings is 1. The summed E-state index contributed by atoms with van der Waals surface area (Å²) >= 11 is 0. The number of amides is 1. The quantitative estimate of drug-likeness (QED) is 0.898. The molecule has 0 saturated heterocycles. The van der Waals surface area contributed by atoms with Gasteiger partial charge in [0.1, 0.15) is 5.60 Å². The Bertz CT molecular complexity index is 562. The van der Waals surface area contributed by atoms with E-state index in [1.807, 2.05) is 39.0 Å². The highest BCUT2D eigenvalue weighted by atomic mass is 16.7. The number of hydrogen-bond donors (Lipinski definition) is 2. The van der Waals surface area contributed by atoms with Gasteiger partial charge in [-0.25, -0.2) is 4.79 Å². The van der Waals surface area contributed by atoms with Crippen molar-refractivity contribution in [3.63, 3.8) is 0 Å². The second-order valence-electron chi connectivity index (χ2n) is 6.72. The minimum atomic E-state index is -0.460. The molecule has 2 aliphatic rings. The third kappa shape index (κ3) is 3.55. The second kappa shape index (κ2) is 5.59. The zero-order valence-electron chi connectivity index (χ0n) is 13.1. The molecule has 6 heteroatoms. The lowest BCUT2D eigenvalue weighted by Crippen LogP contribution is -2.50. The van der Waals surface area contributed by atoms with Crippen LogP contribution in [0.2, 0.25) is 0 Å². The molecule has 0 spiro atoms. The van der Waals surface area contributed by atoms with Gasteiger partial charge in [-0.2, -0.15) is 0 Å². The van der Waals surface area contributed by atoms with Gasteiger partial charge < -0.3 is 24.8 Å². The van der Waals surface area contributed by atoms with Crippen LogP contribution in [0.4, 0.5) is 10.5 Å². The van der Waals surface area contributed by atoms with Crippen LogP contribution in [0.5, 0.6) is 11.5 Å². The van der Waals surface area contributed by atoms with E-state index in [-0.39, 0.29) is 18.9 Å². The van der Waals surface area contributed by atoms with Crippen molar-refractivity contribution in [2.24, 2.45) is 0 Å². The maximum atomic E-state index is 11.7. The molecule has 1 aromatic rings. The van der Waals surface area contributed by atoms with Crippen molar-refractivity contribution in [2.45, 2.75) is 51.3 Å². The Morgan fingerprint density at radius 3 is 2.64 bits per heavy atom. The maximum Gasteiger partial charge on any atom is 0.407 e. The lowest BCUT2D eigenvalue weighted by molar-refractivity contribution is 0.0475. The van der Waals surface area contributed by atoms with Gasteiger partial charge in [-0.1, -0.05) is 0 Å². The van der Waals surface area contributed by atoms with Crippen molar-refractivity contribution in [3.8, 4) is 11.5 Å². The van der Waals surface area contributed by atoms with E-state index < -0.39 is 5.60 Å². The van der Waals surface area contributed by atoms with Gasteiger partial charge in [0.2, 0.25) is 6.79 Å². The molecule has 0 atom stereocenters. The summed E-state index contributed by atoms with van der Waals surface area (Å²) in [4.78, 5) is 11.7. The van der Waals surface area contributed by atoms with Crippen LogP contribution in [-0.2, 0) is 4.74 Å². The molecule has 6 nitrogen and oxygen atoms in total.